The first-order valence-corrected chi connectivity index (χ1v) is 6.99. The van der Waals surface area contributed by atoms with Gasteiger partial charge in [-0.05, 0) is 27.7 Å². The summed E-state index contributed by atoms with van der Waals surface area (Å²) in [6.07, 6.45) is 0. The molecule has 0 atom stereocenters. The summed E-state index contributed by atoms with van der Waals surface area (Å²) in [5.74, 6) is 1.78. The van der Waals surface area contributed by atoms with E-state index in [0.29, 0.717) is 24.1 Å². The van der Waals surface area contributed by atoms with Crippen molar-refractivity contribution in [1.29, 1.82) is 0 Å². The molecule has 21 heavy (non-hydrogen) atoms. The van der Waals surface area contributed by atoms with E-state index in [2.05, 4.69) is 25.9 Å². The molecule has 0 saturated carbocycles. The predicted molar refractivity (Wildman–Crippen MR) is 83.3 cm³/mol. The standard InChI is InChI=1S/C14H25N5O2/c1-6-15-10-7-11(18-12(17-10)9-21-5)16-8-13(20)19-14(2,3)4/h7H,6,8-9H2,1-5H3,(H,19,20)(H2,15,16,17,18). The number of hydrogen-bond donors (Lipinski definition) is 3. The van der Waals surface area contributed by atoms with E-state index >= 15 is 0 Å². The van der Waals surface area contributed by atoms with E-state index in [1.807, 2.05) is 27.7 Å². The van der Waals surface area contributed by atoms with Crippen molar-refractivity contribution >= 4 is 17.5 Å². The highest BCUT2D eigenvalue weighted by molar-refractivity contribution is 5.81. The Morgan fingerprint density at radius 2 is 1.86 bits per heavy atom. The van der Waals surface area contributed by atoms with E-state index in [9.17, 15) is 4.79 Å². The molecule has 1 rings (SSSR count). The third-order valence-corrected chi connectivity index (χ3v) is 2.35. The fourth-order valence-electron chi connectivity index (χ4n) is 1.69. The average molecular weight is 295 g/mol. The summed E-state index contributed by atoms with van der Waals surface area (Å²) in [6.45, 7) is 9.05. The molecule has 0 aliphatic rings. The van der Waals surface area contributed by atoms with Crippen LogP contribution in [-0.2, 0) is 16.1 Å². The maximum absolute atomic E-state index is 11.8. The molecule has 7 nitrogen and oxygen atoms in total. The van der Waals surface area contributed by atoms with Crippen molar-refractivity contribution in [3.63, 3.8) is 0 Å². The molecule has 3 N–H and O–H groups in total. The van der Waals surface area contributed by atoms with Gasteiger partial charge in [-0.15, -0.1) is 0 Å². The van der Waals surface area contributed by atoms with Crippen LogP contribution in [0.5, 0.6) is 0 Å². The molecule has 7 heteroatoms. The average Bonchev–Trinajstić information content (AvgIpc) is 2.35. The van der Waals surface area contributed by atoms with E-state index < -0.39 is 0 Å². The SMILES string of the molecule is CCNc1cc(NCC(=O)NC(C)(C)C)nc(COC)n1. The van der Waals surface area contributed by atoms with Crippen LogP contribution in [0, 0.1) is 0 Å². The van der Waals surface area contributed by atoms with Crippen molar-refractivity contribution in [3.05, 3.63) is 11.9 Å². The van der Waals surface area contributed by atoms with Gasteiger partial charge in [-0.2, -0.15) is 0 Å². The predicted octanol–water partition coefficient (Wildman–Crippen LogP) is 1.38. The van der Waals surface area contributed by atoms with Gasteiger partial charge in [0.15, 0.2) is 5.82 Å². The number of anilines is 2. The Morgan fingerprint density at radius 3 is 2.38 bits per heavy atom. The molecule has 1 aromatic rings. The zero-order valence-electron chi connectivity index (χ0n) is 13.4. The Hall–Kier alpha value is -1.89. The van der Waals surface area contributed by atoms with Crippen LogP contribution in [0.4, 0.5) is 11.6 Å². The Labute approximate surface area is 125 Å². The van der Waals surface area contributed by atoms with Gasteiger partial charge in [0.1, 0.15) is 18.2 Å². The monoisotopic (exact) mass is 295 g/mol. The van der Waals surface area contributed by atoms with Crippen LogP contribution >= 0.6 is 0 Å². The van der Waals surface area contributed by atoms with Crippen molar-refractivity contribution in [2.24, 2.45) is 0 Å². The van der Waals surface area contributed by atoms with Crippen molar-refractivity contribution < 1.29 is 9.53 Å². The Balaban J connectivity index is 2.70. The molecule has 1 amide bonds. The molecule has 0 unspecified atom stereocenters. The Morgan fingerprint density at radius 1 is 1.24 bits per heavy atom. The summed E-state index contributed by atoms with van der Waals surface area (Å²) in [4.78, 5) is 20.4. The molecule has 0 spiro atoms. The minimum atomic E-state index is -0.249. The molecule has 118 valence electrons. The number of carbonyl (C=O) groups is 1. The zero-order chi connectivity index (χ0) is 15.9. The van der Waals surface area contributed by atoms with Gasteiger partial charge in [0.25, 0.3) is 0 Å². The number of rotatable bonds is 7. The third-order valence-electron chi connectivity index (χ3n) is 2.35. The molecular formula is C14H25N5O2. The molecule has 1 aromatic heterocycles. The van der Waals surface area contributed by atoms with Crippen molar-refractivity contribution in [1.82, 2.24) is 15.3 Å². The third kappa shape index (κ3) is 6.89. The van der Waals surface area contributed by atoms with E-state index in [4.69, 9.17) is 4.74 Å². The number of methoxy groups -OCH3 is 1. The normalized spacial score (nSPS) is 11.1. The van der Waals surface area contributed by atoms with Gasteiger partial charge in [-0.1, -0.05) is 0 Å². The minimum Gasteiger partial charge on any atom is -0.377 e. The largest absolute Gasteiger partial charge is 0.377 e. The zero-order valence-corrected chi connectivity index (χ0v) is 13.4. The van der Waals surface area contributed by atoms with Gasteiger partial charge < -0.3 is 20.7 Å². The van der Waals surface area contributed by atoms with Crippen LogP contribution in [0.25, 0.3) is 0 Å². The highest BCUT2D eigenvalue weighted by Crippen LogP contribution is 2.11. The fourth-order valence-corrected chi connectivity index (χ4v) is 1.69. The summed E-state index contributed by atoms with van der Waals surface area (Å²) in [5, 5.41) is 9.02. The van der Waals surface area contributed by atoms with Gasteiger partial charge in [-0.25, -0.2) is 9.97 Å². The summed E-state index contributed by atoms with van der Waals surface area (Å²) in [5.41, 5.74) is -0.249. The number of nitrogens with zero attached hydrogens (tertiary/aromatic N) is 2. The van der Waals surface area contributed by atoms with Crippen LogP contribution in [0.15, 0.2) is 6.07 Å². The number of carbonyl (C=O) groups excluding carboxylic acids is 1. The molecule has 0 saturated heterocycles. The molecule has 0 radical (unpaired) electrons. The molecule has 0 bridgehead atoms. The summed E-state index contributed by atoms with van der Waals surface area (Å²) in [7, 11) is 1.59. The number of hydrogen-bond acceptors (Lipinski definition) is 6. The van der Waals surface area contributed by atoms with Crippen LogP contribution in [0.1, 0.15) is 33.5 Å². The molecule has 0 fully saturated rings. The lowest BCUT2D eigenvalue weighted by Crippen LogP contribution is -2.43. The Bertz CT molecular complexity index is 447. The molecule has 0 aromatic carbocycles. The molecular weight excluding hydrogens is 270 g/mol. The van der Waals surface area contributed by atoms with Crippen LogP contribution in [-0.4, -0.2) is 41.6 Å². The van der Waals surface area contributed by atoms with Crippen LogP contribution < -0.4 is 16.0 Å². The molecule has 0 aliphatic heterocycles. The van der Waals surface area contributed by atoms with E-state index in [1.54, 1.807) is 13.2 Å². The maximum Gasteiger partial charge on any atom is 0.239 e. The number of amides is 1. The van der Waals surface area contributed by atoms with Gasteiger partial charge in [0.2, 0.25) is 5.91 Å². The second-order valence-electron chi connectivity index (χ2n) is 5.67. The maximum atomic E-state index is 11.8. The van der Waals surface area contributed by atoms with Crippen molar-refractivity contribution in [3.8, 4) is 0 Å². The number of ether oxygens (including phenoxy) is 1. The smallest absolute Gasteiger partial charge is 0.239 e. The van der Waals surface area contributed by atoms with Crippen LogP contribution in [0.2, 0.25) is 0 Å². The van der Waals surface area contributed by atoms with Crippen molar-refractivity contribution in [2.45, 2.75) is 39.8 Å². The second kappa shape index (κ2) is 7.78. The Kier molecular flexibility index (Phi) is 6.36. The van der Waals surface area contributed by atoms with E-state index in [0.717, 1.165) is 6.54 Å². The summed E-state index contributed by atoms with van der Waals surface area (Å²) < 4.78 is 5.05. The van der Waals surface area contributed by atoms with Gasteiger partial charge in [0, 0.05) is 25.3 Å². The summed E-state index contributed by atoms with van der Waals surface area (Å²) in [6, 6.07) is 1.77. The highest BCUT2D eigenvalue weighted by atomic mass is 16.5. The second-order valence-corrected chi connectivity index (χ2v) is 5.67. The topological polar surface area (TPSA) is 88.2 Å². The fraction of sp³-hybridized carbons (Fsp3) is 0.643. The minimum absolute atomic E-state index is 0.0839. The van der Waals surface area contributed by atoms with Gasteiger partial charge >= 0.3 is 0 Å². The van der Waals surface area contributed by atoms with Crippen LogP contribution in [0.3, 0.4) is 0 Å². The first kappa shape index (κ1) is 17.2. The van der Waals surface area contributed by atoms with Gasteiger partial charge in [0.05, 0.1) is 6.54 Å². The first-order chi connectivity index (χ1) is 9.84. The molecule has 0 aliphatic carbocycles. The lowest BCUT2D eigenvalue weighted by Gasteiger charge is -2.20. The first-order valence-electron chi connectivity index (χ1n) is 6.99. The van der Waals surface area contributed by atoms with Gasteiger partial charge in [-0.3, -0.25) is 4.79 Å². The quantitative estimate of drug-likeness (QED) is 0.704. The number of nitrogens with one attached hydrogen (secondary N) is 3. The number of aromatic nitrogens is 2. The lowest BCUT2D eigenvalue weighted by atomic mass is 10.1. The highest BCUT2D eigenvalue weighted by Gasteiger charge is 2.13. The van der Waals surface area contributed by atoms with Crippen molar-refractivity contribution in [2.75, 3.05) is 30.8 Å². The summed E-state index contributed by atoms with van der Waals surface area (Å²) >= 11 is 0. The molecule has 1 heterocycles. The lowest BCUT2D eigenvalue weighted by molar-refractivity contribution is -0.120. The van der Waals surface area contributed by atoms with E-state index in [-0.39, 0.29) is 18.0 Å². The van der Waals surface area contributed by atoms with E-state index in [1.165, 1.54) is 0 Å².